The molecule has 0 aliphatic carbocycles. The van der Waals surface area contributed by atoms with Gasteiger partial charge in [0.15, 0.2) is 0 Å². The van der Waals surface area contributed by atoms with E-state index in [1.54, 1.807) is 7.11 Å². The maximum atomic E-state index is 6.47. The van der Waals surface area contributed by atoms with Gasteiger partial charge in [0.25, 0.3) is 0 Å². The molecule has 0 saturated carbocycles. The molecular weight excluding hydrogens is 238 g/mol. The third kappa shape index (κ3) is 2.93. The molecule has 0 radical (unpaired) electrons. The lowest BCUT2D eigenvalue weighted by Crippen LogP contribution is -2.35. The average molecular weight is 263 g/mol. The second-order valence-corrected chi connectivity index (χ2v) is 6.57. The minimum Gasteiger partial charge on any atom is -0.497 e. The fourth-order valence-electron chi connectivity index (χ4n) is 3.22. The van der Waals surface area contributed by atoms with E-state index in [2.05, 4.69) is 27.7 Å². The summed E-state index contributed by atoms with van der Waals surface area (Å²) in [6, 6.07) is 8.00. The fraction of sp³-hybridized carbons (Fsp3) is 0.625. The van der Waals surface area contributed by atoms with Crippen LogP contribution < -0.4 is 10.5 Å². The first-order chi connectivity index (χ1) is 8.75. The van der Waals surface area contributed by atoms with Gasteiger partial charge in [0.2, 0.25) is 0 Å². The summed E-state index contributed by atoms with van der Waals surface area (Å²) in [6.45, 7) is 8.54. The van der Waals surface area contributed by atoms with E-state index >= 15 is 0 Å². The largest absolute Gasteiger partial charge is 0.497 e. The van der Waals surface area contributed by atoms with E-state index in [1.807, 2.05) is 24.3 Å². The molecule has 1 fully saturated rings. The molecule has 1 aliphatic heterocycles. The van der Waals surface area contributed by atoms with Crippen molar-refractivity contribution in [1.29, 1.82) is 0 Å². The molecule has 3 heteroatoms. The fourth-order valence-corrected chi connectivity index (χ4v) is 3.22. The highest BCUT2D eigenvalue weighted by atomic mass is 16.5. The Morgan fingerprint density at radius 3 is 2.21 bits per heavy atom. The molecule has 2 rings (SSSR count). The molecule has 0 bridgehead atoms. The maximum Gasteiger partial charge on any atom is 0.118 e. The van der Waals surface area contributed by atoms with E-state index in [4.69, 9.17) is 15.2 Å². The van der Waals surface area contributed by atoms with E-state index in [-0.39, 0.29) is 17.2 Å². The van der Waals surface area contributed by atoms with Gasteiger partial charge in [-0.1, -0.05) is 12.1 Å². The van der Waals surface area contributed by atoms with Gasteiger partial charge in [-0.05, 0) is 51.8 Å². The summed E-state index contributed by atoms with van der Waals surface area (Å²) in [5.74, 6) is 1.18. The number of hydrogen-bond donors (Lipinski definition) is 1. The summed E-state index contributed by atoms with van der Waals surface area (Å²) < 4.78 is 11.3. The van der Waals surface area contributed by atoms with Crippen molar-refractivity contribution < 1.29 is 9.47 Å². The maximum absolute atomic E-state index is 6.47. The molecule has 2 atom stereocenters. The van der Waals surface area contributed by atoms with E-state index < -0.39 is 0 Å². The summed E-state index contributed by atoms with van der Waals surface area (Å²) in [5, 5.41) is 0. The van der Waals surface area contributed by atoms with Gasteiger partial charge in [0, 0.05) is 12.0 Å². The van der Waals surface area contributed by atoms with Crippen molar-refractivity contribution in [3.05, 3.63) is 29.8 Å². The number of rotatable bonds is 3. The van der Waals surface area contributed by atoms with Gasteiger partial charge in [0.1, 0.15) is 5.75 Å². The van der Waals surface area contributed by atoms with Crippen LogP contribution in [-0.4, -0.2) is 18.3 Å². The van der Waals surface area contributed by atoms with E-state index in [9.17, 15) is 0 Å². The van der Waals surface area contributed by atoms with E-state index in [0.717, 1.165) is 17.7 Å². The van der Waals surface area contributed by atoms with Crippen molar-refractivity contribution in [2.24, 2.45) is 11.7 Å². The van der Waals surface area contributed by atoms with Crippen LogP contribution in [0.2, 0.25) is 0 Å². The molecule has 2 N–H and O–H groups in total. The number of methoxy groups -OCH3 is 1. The van der Waals surface area contributed by atoms with Gasteiger partial charge in [-0.15, -0.1) is 0 Å². The first-order valence-electron chi connectivity index (χ1n) is 6.85. The molecule has 1 heterocycles. The normalized spacial score (nSPS) is 26.1. The van der Waals surface area contributed by atoms with Crippen molar-refractivity contribution in [2.45, 2.75) is 51.4 Å². The lowest BCUT2D eigenvalue weighted by atomic mass is 9.79. The summed E-state index contributed by atoms with van der Waals surface area (Å²) in [6.07, 6.45) is 0.979. The van der Waals surface area contributed by atoms with Gasteiger partial charge in [-0.3, -0.25) is 0 Å². The molecule has 3 nitrogen and oxygen atoms in total. The number of hydrogen-bond acceptors (Lipinski definition) is 3. The van der Waals surface area contributed by atoms with E-state index in [0.29, 0.717) is 5.92 Å². The topological polar surface area (TPSA) is 44.5 Å². The molecule has 0 spiro atoms. The quantitative estimate of drug-likeness (QED) is 0.910. The highest BCUT2D eigenvalue weighted by Gasteiger charge is 2.48. The van der Waals surface area contributed by atoms with Gasteiger partial charge in [-0.25, -0.2) is 0 Å². The average Bonchev–Trinajstić information content (AvgIpc) is 2.56. The zero-order chi connectivity index (χ0) is 14.3. The monoisotopic (exact) mass is 263 g/mol. The van der Waals surface area contributed by atoms with Crippen LogP contribution in [0.5, 0.6) is 5.75 Å². The van der Waals surface area contributed by atoms with Crippen molar-refractivity contribution >= 4 is 0 Å². The van der Waals surface area contributed by atoms with Crippen molar-refractivity contribution in [3.8, 4) is 5.75 Å². The van der Waals surface area contributed by atoms with Crippen molar-refractivity contribution in [1.82, 2.24) is 0 Å². The molecule has 106 valence electrons. The molecule has 1 aliphatic rings. The van der Waals surface area contributed by atoms with E-state index in [1.165, 1.54) is 0 Å². The van der Waals surface area contributed by atoms with Crippen LogP contribution in [0.25, 0.3) is 0 Å². The first-order valence-corrected chi connectivity index (χ1v) is 6.85. The van der Waals surface area contributed by atoms with Gasteiger partial charge >= 0.3 is 0 Å². The molecule has 0 aromatic heterocycles. The number of ether oxygens (including phenoxy) is 2. The summed E-state index contributed by atoms with van der Waals surface area (Å²) >= 11 is 0. The third-order valence-electron chi connectivity index (χ3n) is 4.08. The minimum absolute atomic E-state index is 0.0114. The van der Waals surface area contributed by atoms with Crippen LogP contribution in [0.15, 0.2) is 24.3 Å². The van der Waals surface area contributed by atoms with Crippen molar-refractivity contribution in [3.63, 3.8) is 0 Å². The van der Waals surface area contributed by atoms with Crippen LogP contribution in [0.4, 0.5) is 0 Å². The van der Waals surface area contributed by atoms with Crippen LogP contribution in [0.3, 0.4) is 0 Å². The second kappa shape index (κ2) is 4.80. The Hall–Kier alpha value is -1.06. The first kappa shape index (κ1) is 14.4. The number of nitrogens with two attached hydrogens (primary N) is 1. The highest BCUT2D eigenvalue weighted by Crippen LogP contribution is 2.46. The Labute approximate surface area is 116 Å². The highest BCUT2D eigenvalue weighted by molar-refractivity contribution is 5.30. The smallest absolute Gasteiger partial charge is 0.118 e. The Morgan fingerprint density at radius 2 is 1.79 bits per heavy atom. The Kier molecular flexibility index (Phi) is 3.63. The van der Waals surface area contributed by atoms with Crippen LogP contribution in [-0.2, 0) is 4.74 Å². The van der Waals surface area contributed by atoms with Crippen LogP contribution in [0, 0.1) is 5.92 Å². The standard InChI is InChI=1S/C16H25NO2/c1-15(2)10-13(16(3,4)19-15)14(17)11-6-8-12(18-5)9-7-11/h6-9,13-14H,10,17H2,1-5H3. The van der Waals surface area contributed by atoms with Gasteiger partial charge < -0.3 is 15.2 Å². The van der Waals surface area contributed by atoms with Crippen LogP contribution >= 0.6 is 0 Å². The lowest BCUT2D eigenvalue weighted by molar-refractivity contribution is -0.0767. The van der Waals surface area contributed by atoms with Crippen molar-refractivity contribution in [2.75, 3.05) is 7.11 Å². The minimum atomic E-state index is -0.192. The Bertz CT molecular complexity index is 437. The van der Waals surface area contributed by atoms with Gasteiger partial charge in [-0.2, -0.15) is 0 Å². The lowest BCUT2D eigenvalue weighted by Gasteiger charge is -2.31. The molecule has 0 amide bonds. The van der Waals surface area contributed by atoms with Gasteiger partial charge in [0.05, 0.1) is 18.3 Å². The van der Waals surface area contributed by atoms with Crippen LogP contribution in [0.1, 0.15) is 45.7 Å². The zero-order valence-corrected chi connectivity index (χ0v) is 12.6. The summed E-state index contributed by atoms with van der Waals surface area (Å²) in [5.41, 5.74) is 7.32. The molecule has 1 aromatic rings. The zero-order valence-electron chi connectivity index (χ0n) is 12.6. The summed E-state index contributed by atoms with van der Waals surface area (Å²) in [7, 11) is 1.67. The molecular formula is C16H25NO2. The second-order valence-electron chi connectivity index (χ2n) is 6.57. The Morgan fingerprint density at radius 1 is 1.21 bits per heavy atom. The molecule has 19 heavy (non-hydrogen) atoms. The molecule has 1 aromatic carbocycles. The predicted octanol–water partition coefficient (Wildman–Crippen LogP) is 3.29. The predicted molar refractivity (Wildman–Crippen MR) is 77.3 cm³/mol. The molecule has 1 saturated heterocycles. The SMILES string of the molecule is COc1ccc(C(N)C2CC(C)(C)OC2(C)C)cc1. The number of benzene rings is 1. The Balaban J connectivity index is 2.21. The molecule has 2 unspecified atom stereocenters. The third-order valence-corrected chi connectivity index (χ3v) is 4.08. The summed E-state index contributed by atoms with van der Waals surface area (Å²) in [4.78, 5) is 0.